The van der Waals surface area contributed by atoms with E-state index in [9.17, 15) is 9.18 Å². The fourth-order valence-corrected chi connectivity index (χ4v) is 2.13. The molecule has 1 amide bonds. The summed E-state index contributed by atoms with van der Waals surface area (Å²) in [5.74, 6) is -0.495. The minimum atomic E-state index is -0.289. The number of amides is 1. The van der Waals surface area contributed by atoms with E-state index in [4.69, 9.17) is 0 Å². The van der Waals surface area contributed by atoms with Crippen LogP contribution in [0.3, 0.4) is 0 Å². The van der Waals surface area contributed by atoms with Crippen LogP contribution < -0.4 is 5.32 Å². The Kier molecular flexibility index (Phi) is 3.96. The second-order valence-corrected chi connectivity index (χ2v) is 4.82. The summed E-state index contributed by atoms with van der Waals surface area (Å²) in [7, 11) is 0. The van der Waals surface area contributed by atoms with Gasteiger partial charge in [-0.15, -0.1) is 0 Å². The number of H-pyrrole nitrogens is 1. The predicted octanol–water partition coefficient (Wildman–Crippen LogP) is 3.03. The number of carbonyl (C=O) groups is 1. The van der Waals surface area contributed by atoms with Crippen LogP contribution in [0.25, 0.3) is 17.1 Å². The number of halogens is 1. The summed E-state index contributed by atoms with van der Waals surface area (Å²) in [4.78, 5) is 19.1. The number of pyridine rings is 1. The van der Waals surface area contributed by atoms with E-state index in [2.05, 4.69) is 15.3 Å². The molecule has 1 aromatic carbocycles. The number of hydrogen-bond acceptors (Lipinski definition) is 2. The Morgan fingerprint density at radius 3 is 2.91 bits per heavy atom. The highest BCUT2D eigenvalue weighted by molar-refractivity contribution is 5.95. The maximum absolute atomic E-state index is 12.8. The SMILES string of the molecule is O=C(/C=C/c1c[nH]c2ncccc12)NCc1ccc(F)cc1. The molecular formula is C17H14FN3O. The molecule has 0 bridgehead atoms. The van der Waals surface area contributed by atoms with Crippen LogP contribution >= 0.6 is 0 Å². The van der Waals surface area contributed by atoms with Crippen LogP contribution in [0.1, 0.15) is 11.1 Å². The molecule has 0 saturated heterocycles. The van der Waals surface area contributed by atoms with E-state index in [-0.39, 0.29) is 11.7 Å². The fourth-order valence-electron chi connectivity index (χ4n) is 2.13. The number of nitrogens with one attached hydrogen (secondary N) is 2. The molecule has 22 heavy (non-hydrogen) atoms. The molecule has 110 valence electrons. The van der Waals surface area contributed by atoms with E-state index in [1.54, 1.807) is 30.6 Å². The smallest absolute Gasteiger partial charge is 0.244 e. The van der Waals surface area contributed by atoms with Crippen molar-refractivity contribution in [2.24, 2.45) is 0 Å². The number of aromatic amines is 1. The van der Waals surface area contributed by atoms with Crippen molar-refractivity contribution in [2.75, 3.05) is 0 Å². The van der Waals surface area contributed by atoms with Gasteiger partial charge in [0, 0.05) is 36.0 Å². The Morgan fingerprint density at radius 1 is 1.27 bits per heavy atom. The first-order valence-electron chi connectivity index (χ1n) is 6.85. The van der Waals surface area contributed by atoms with Crippen molar-refractivity contribution < 1.29 is 9.18 Å². The number of benzene rings is 1. The topological polar surface area (TPSA) is 57.8 Å². The van der Waals surface area contributed by atoms with Crippen LogP contribution in [0.15, 0.2) is 54.9 Å². The second kappa shape index (κ2) is 6.22. The van der Waals surface area contributed by atoms with Crippen molar-refractivity contribution in [1.82, 2.24) is 15.3 Å². The van der Waals surface area contributed by atoms with Crippen molar-refractivity contribution in [3.05, 3.63) is 71.8 Å². The summed E-state index contributed by atoms with van der Waals surface area (Å²) in [5.41, 5.74) is 2.54. The van der Waals surface area contributed by atoms with E-state index in [1.807, 2.05) is 12.1 Å². The summed E-state index contributed by atoms with van der Waals surface area (Å²) < 4.78 is 12.8. The summed E-state index contributed by atoms with van der Waals surface area (Å²) in [6, 6.07) is 9.82. The van der Waals surface area contributed by atoms with Gasteiger partial charge >= 0.3 is 0 Å². The summed E-state index contributed by atoms with van der Waals surface area (Å²) in [6.45, 7) is 0.360. The van der Waals surface area contributed by atoms with Crippen LogP contribution in [0, 0.1) is 5.82 Å². The van der Waals surface area contributed by atoms with Gasteiger partial charge in [-0.3, -0.25) is 4.79 Å². The van der Waals surface area contributed by atoms with Crippen LogP contribution in [-0.4, -0.2) is 15.9 Å². The molecule has 0 fully saturated rings. The molecular weight excluding hydrogens is 281 g/mol. The van der Waals surface area contributed by atoms with E-state index < -0.39 is 0 Å². The molecule has 3 rings (SSSR count). The number of hydrogen-bond donors (Lipinski definition) is 2. The maximum Gasteiger partial charge on any atom is 0.244 e. The zero-order chi connectivity index (χ0) is 15.4. The molecule has 2 N–H and O–H groups in total. The first-order valence-corrected chi connectivity index (χ1v) is 6.85. The molecule has 0 atom stereocenters. The van der Waals surface area contributed by atoms with Crippen molar-refractivity contribution in [1.29, 1.82) is 0 Å². The van der Waals surface area contributed by atoms with Gasteiger partial charge < -0.3 is 10.3 Å². The van der Waals surface area contributed by atoms with E-state index >= 15 is 0 Å². The van der Waals surface area contributed by atoms with E-state index in [1.165, 1.54) is 18.2 Å². The molecule has 5 heteroatoms. The summed E-state index contributed by atoms with van der Waals surface area (Å²) in [6.07, 6.45) is 6.72. The monoisotopic (exact) mass is 295 g/mol. The lowest BCUT2D eigenvalue weighted by Gasteiger charge is -2.02. The minimum absolute atomic E-state index is 0.206. The lowest BCUT2D eigenvalue weighted by Crippen LogP contribution is -2.20. The number of fused-ring (bicyclic) bond motifs is 1. The van der Waals surface area contributed by atoms with Gasteiger partial charge in [-0.25, -0.2) is 9.37 Å². The quantitative estimate of drug-likeness (QED) is 0.727. The summed E-state index contributed by atoms with van der Waals surface area (Å²) >= 11 is 0. The van der Waals surface area contributed by atoms with Gasteiger partial charge in [-0.2, -0.15) is 0 Å². The highest BCUT2D eigenvalue weighted by Crippen LogP contribution is 2.16. The van der Waals surface area contributed by atoms with E-state index in [0.717, 1.165) is 22.2 Å². The normalized spacial score (nSPS) is 11.1. The molecule has 0 aliphatic carbocycles. The van der Waals surface area contributed by atoms with Crippen LogP contribution in [-0.2, 0) is 11.3 Å². The van der Waals surface area contributed by atoms with Crippen LogP contribution in [0.4, 0.5) is 4.39 Å². The fraction of sp³-hybridized carbons (Fsp3) is 0.0588. The summed E-state index contributed by atoms with van der Waals surface area (Å²) in [5, 5.41) is 3.72. The van der Waals surface area contributed by atoms with E-state index in [0.29, 0.717) is 6.54 Å². The van der Waals surface area contributed by atoms with Gasteiger partial charge in [-0.05, 0) is 35.9 Å². The molecule has 0 spiro atoms. The molecule has 0 saturated carbocycles. The lowest BCUT2D eigenvalue weighted by atomic mass is 10.2. The van der Waals surface area contributed by atoms with Gasteiger partial charge in [0.15, 0.2) is 0 Å². The minimum Gasteiger partial charge on any atom is -0.348 e. The number of aromatic nitrogens is 2. The Morgan fingerprint density at radius 2 is 2.09 bits per heavy atom. The molecule has 4 nitrogen and oxygen atoms in total. The maximum atomic E-state index is 12.8. The third-order valence-corrected chi connectivity index (χ3v) is 3.28. The third-order valence-electron chi connectivity index (χ3n) is 3.28. The lowest BCUT2D eigenvalue weighted by molar-refractivity contribution is -0.116. The number of carbonyl (C=O) groups excluding carboxylic acids is 1. The molecule has 2 aromatic heterocycles. The third kappa shape index (κ3) is 3.20. The van der Waals surface area contributed by atoms with Crippen LogP contribution in [0.2, 0.25) is 0 Å². The molecule has 0 aliphatic heterocycles. The predicted molar refractivity (Wildman–Crippen MR) is 83.4 cm³/mol. The van der Waals surface area contributed by atoms with Gasteiger partial charge in [-0.1, -0.05) is 12.1 Å². The Balaban J connectivity index is 1.62. The second-order valence-electron chi connectivity index (χ2n) is 4.82. The van der Waals surface area contributed by atoms with Crippen molar-refractivity contribution in [3.63, 3.8) is 0 Å². The van der Waals surface area contributed by atoms with Gasteiger partial charge in [0.1, 0.15) is 11.5 Å². The number of rotatable bonds is 4. The average molecular weight is 295 g/mol. The first-order chi connectivity index (χ1) is 10.7. The van der Waals surface area contributed by atoms with Gasteiger partial charge in [0.2, 0.25) is 5.91 Å². The Labute approximate surface area is 126 Å². The average Bonchev–Trinajstić information content (AvgIpc) is 2.96. The van der Waals surface area contributed by atoms with Crippen molar-refractivity contribution in [3.8, 4) is 0 Å². The van der Waals surface area contributed by atoms with Gasteiger partial charge in [0.05, 0.1) is 0 Å². The number of nitrogens with zero attached hydrogens (tertiary/aromatic N) is 1. The Bertz CT molecular complexity index is 821. The molecule has 0 radical (unpaired) electrons. The highest BCUT2D eigenvalue weighted by Gasteiger charge is 2.02. The molecule has 0 unspecified atom stereocenters. The molecule has 2 heterocycles. The van der Waals surface area contributed by atoms with Crippen molar-refractivity contribution in [2.45, 2.75) is 6.54 Å². The molecule has 3 aromatic rings. The largest absolute Gasteiger partial charge is 0.348 e. The van der Waals surface area contributed by atoms with Crippen molar-refractivity contribution >= 4 is 23.0 Å². The highest BCUT2D eigenvalue weighted by atomic mass is 19.1. The zero-order valence-electron chi connectivity index (χ0n) is 11.7. The van der Waals surface area contributed by atoms with Crippen LogP contribution in [0.5, 0.6) is 0 Å². The first kappa shape index (κ1) is 14.0. The Hall–Kier alpha value is -2.95. The van der Waals surface area contributed by atoms with Gasteiger partial charge in [0.25, 0.3) is 0 Å². The standard InChI is InChI=1S/C17H14FN3O/c18-14-6-3-12(4-7-14)10-20-16(22)8-5-13-11-21-17-15(13)2-1-9-19-17/h1-9,11H,10H2,(H,19,21)(H,20,22)/b8-5+. The molecule has 0 aliphatic rings. The zero-order valence-corrected chi connectivity index (χ0v) is 11.7.